The third-order valence-corrected chi connectivity index (χ3v) is 5.12. The molecule has 2 amide bonds. The number of likely N-dealkylation sites (tertiary alicyclic amines) is 1. The van der Waals surface area contributed by atoms with Crippen LogP contribution in [-0.4, -0.2) is 29.8 Å². The number of carbonyl (C=O) groups excluding carboxylic acids is 2. The van der Waals surface area contributed by atoms with E-state index in [1.807, 2.05) is 12.1 Å². The van der Waals surface area contributed by atoms with E-state index < -0.39 is 0 Å². The van der Waals surface area contributed by atoms with Crippen molar-refractivity contribution in [2.24, 2.45) is 17.6 Å². The Morgan fingerprint density at radius 2 is 2.00 bits per heavy atom. The average molecular weight is 327 g/mol. The molecular weight excluding hydrogens is 311 g/mol. The molecule has 1 aromatic rings. The number of carbonyl (C=O) groups is 2. The quantitative estimate of drug-likeness (QED) is 0.927. The van der Waals surface area contributed by atoms with Crippen LogP contribution >= 0.6 is 23.2 Å². The van der Waals surface area contributed by atoms with Gasteiger partial charge in [0.1, 0.15) is 0 Å². The van der Waals surface area contributed by atoms with Crippen LogP contribution in [0.5, 0.6) is 0 Å². The average Bonchev–Trinajstić information content (AvgIpc) is 3.08. The van der Waals surface area contributed by atoms with E-state index >= 15 is 0 Å². The lowest BCUT2D eigenvalue weighted by molar-refractivity contribution is -0.132. The van der Waals surface area contributed by atoms with E-state index in [1.54, 1.807) is 11.0 Å². The highest BCUT2D eigenvalue weighted by molar-refractivity contribution is 6.42. The summed E-state index contributed by atoms with van der Waals surface area (Å²) in [6.45, 7) is 1.08. The second-order valence-electron chi connectivity index (χ2n) is 5.79. The fourth-order valence-electron chi connectivity index (χ4n) is 3.01. The molecule has 0 bridgehead atoms. The van der Waals surface area contributed by atoms with Crippen LogP contribution in [0, 0.1) is 11.8 Å². The minimum Gasteiger partial charge on any atom is -0.369 e. The van der Waals surface area contributed by atoms with E-state index in [0.717, 1.165) is 12.0 Å². The van der Waals surface area contributed by atoms with Gasteiger partial charge in [-0.1, -0.05) is 29.3 Å². The van der Waals surface area contributed by atoms with Gasteiger partial charge < -0.3 is 10.6 Å². The SMILES string of the molecule is NC(=O)[C@@H]1CCN(C(=O)[C@@H]2C[C@H]2c2ccc(Cl)c(Cl)c2)C1. The Balaban J connectivity index is 1.64. The Morgan fingerprint density at radius 3 is 2.62 bits per heavy atom. The van der Waals surface area contributed by atoms with E-state index in [0.29, 0.717) is 29.6 Å². The van der Waals surface area contributed by atoms with E-state index in [2.05, 4.69) is 0 Å². The maximum absolute atomic E-state index is 12.4. The lowest BCUT2D eigenvalue weighted by atomic mass is 10.1. The Labute approximate surface area is 133 Å². The fraction of sp³-hybridized carbons (Fsp3) is 0.467. The molecule has 2 fully saturated rings. The molecule has 2 aliphatic rings. The summed E-state index contributed by atoms with van der Waals surface area (Å²) in [7, 11) is 0. The normalized spacial score (nSPS) is 27.7. The van der Waals surface area contributed by atoms with Crippen LogP contribution in [0.4, 0.5) is 0 Å². The maximum atomic E-state index is 12.4. The van der Waals surface area contributed by atoms with Crippen LogP contribution in [0.3, 0.4) is 0 Å². The molecule has 1 saturated heterocycles. The monoisotopic (exact) mass is 326 g/mol. The van der Waals surface area contributed by atoms with Crippen molar-refractivity contribution in [1.29, 1.82) is 0 Å². The summed E-state index contributed by atoms with van der Waals surface area (Å²) in [6.07, 6.45) is 1.50. The molecule has 0 unspecified atom stereocenters. The topological polar surface area (TPSA) is 63.4 Å². The summed E-state index contributed by atoms with van der Waals surface area (Å²) in [4.78, 5) is 25.4. The van der Waals surface area contributed by atoms with Gasteiger partial charge in [-0.15, -0.1) is 0 Å². The molecule has 4 nitrogen and oxygen atoms in total. The second-order valence-corrected chi connectivity index (χ2v) is 6.61. The molecule has 112 valence electrons. The highest BCUT2D eigenvalue weighted by Gasteiger charge is 2.47. The van der Waals surface area contributed by atoms with Crippen molar-refractivity contribution in [3.8, 4) is 0 Å². The molecule has 3 rings (SSSR count). The van der Waals surface area contributed by atoms with Gasteiger partial charge in [0, 0.05) is 19.0 Å². The van der Waals surface area contributed by atoms with Crippen molar-refractivity contribution >= 4 is 35.0 Å². The number of nitrogens with zero attached hydrogens (tertiary/aromatic N) is 1. The van der Waals surface area contributed by atoms with Crippen LogP contribution in [0.1, 0.15) is 24.3 Å². The zero-order valence-corrected chi connectivity index (χ0v) is 12.9. The first-order chi connectivity index (χ1) is 9.97. The third kappa shape index (κ3) is 2.87. The zero-order chi connectivity index (χ0) is 15.1. The van der Waals surface area contributed by atoms with Crippen molar-refractivity contribution in [3.05, 3.63) is 33.8 Å². The predicted octanol–water partition coefficient (Wildman–Crippen LogP) is 2.43. The molecule has 1 aliphatic heterocycles. The summed E-state index contributed by atoms with van der Waals surface area (Å²) in [5.74, 6) is -0.193. The van der Waals surface area contributed by atoms with Gasteiger partial charge in [-0.25, -0.2) is 0 Å². The van der Waals surface area contributed by atoms with E-state index in [9.17, 15) is 9.59 Å². The van der Waals surface area contributed by atoms with Gasteiger partial charge in [-0.05, 0) is 36.5 Å². The molecule has 1 aliphatic carbocycles. The molecule has 1 aromatic carbocycles. The molecule has 0 aromatic heterocycles. The smallest absolute Gasteiger partial charge is 0.226 e. The van der Waals surface area contributed by atoms with Gasteiger partial charge in [0.15, 0.2) is 0 Å². The lowest BCUT2D eigenvalue weighted by Crippen LogP contribution is -2.32. The highest BCUT2D eigenvalue weighted by atomic mass is 35.5. The van der Waals surface area contributed by atoms with E-state index in [4.69, 9.17) is 28.9 Å². The summed E-state index contributed by atoms with van der Waals surface area (Å²) in [6, 6.07) is 5.51. The lowest BCUT2D eigenvalue weighted by Gasteiger charge is -2.16. The Bertz CT molecular complexity index is 605. The van der Waals surface area contributed by atoms with Gasteiger partial charge in [-0.3, -0.25) is 9.59 Å². The maximum Gasteiger partial charge on any atom is 0.226 e. The minimum absolute atomic E-state index is 0.00568. The largest absolute Gasteiger partial charge is 0.369 e. The molecule has 3 atom stereocenters. The Hall–Kier alpha value is -1.26. The first kappa shape index (κ1) is 14.7. The van der Waals surface area contributed by atoms with Crippen molar-refractivity contribution in [3.63, 3.8) is 0 Å². The molecule has 1 heterocycles. The van der Waals surface area contributed by atoms with Gasteiger partial charge in [-0.2, -0.15) is 0 Å². The molecule has 21 heavy (non-hydrogen) atoms. The molecular formula is C15H16Cl2N2O2. The third-order valence-electron chi connectivity index (χ3n) is 4.38. The van der Waals surface area contributed by atoms with Gasteiger partial charge in [0.25, 0.3) is 0 Å². The van der Waals surface area contributed by atoms with Crippen molar-refractivity contribution in [2.45, 2.75) is 18.8 Å². The van der Waals surface area contributed by atoms with E-state index in [-0.39, 0.29) is 29.6 Å². The summed E-state index contributed by atoms with van der Waals surface area (Å²) >= 11 is 11.9. The Morgan fingerprint density at radius 1 is 1.24 bits per heavy atom. The number of primary amides is 1. The van der Waals surface area contributed by atoms with Crippen LogP contribution in [-0.2, 0) is 9.59 Å². The first-order valence-electron chi connectivity index (χ1n) is 7.00. The molecule has 6 heteroatoms. The molecule has 1 saturated carbocycles. The van der Waals surface area contributed by atoms with Crippen molar-refractivity contribution in [1.82, 2.24) is 4.90 Å². The zero-order valence-electron chi connectivity index (χ0n) is 11.4. The predicted molar refractivity (Wildman–Crippen MR) is 81.2 cm³/mol. The molecule has 0 spiro atoms. The molecule has 2 N–H and O–H groups in total. The van der Waals surface area contributed by atoms with Crippen molar-refractivity contribution < 1.29 is 9.59 Å². The minimum atomic E-state index is -0.317. The summed E-state index contributed by atoms with van der Waals surface area (Å²) < 4.78 is 0. The second kappa shape index (κ2) is 5.50. The van der Waals surface area contributed by atoms with Gasteiger partial charge in [0.05, 0.1) is 16.0 Å². The first-order valence-corrected chi connectivity index (χ1v) is 7.76. The number of hydrogen-bond donors (Lipinski definition) is 1. The van der Waals surface area contributed by atoms with Gasteiger partial charge >= 0.3 is 0 Å². The van der Waals surface area contributed by atoms with Crippen LogP contribution in [0.15, 0.2) is 18.2 Å². The van der Waals surface area contributed by atoms with E-state index in [1.165, 1.54) is 0 Å². The van der Waals surface area contributed by atoms with Crippen LogP contribution < -0.4 is 5.73 Å². The number of nitrogens with two attached hydrogens (primary N) is 1. The summed E-state index contributed by atoms with van der Waals surface area (Å²) in [5.41, 5.74) is 6.35. The molecule has 0 radical (unpaired) electrons. The fourth-order valence-corrected chi connectivity index (χ4v) is 3.31. The van der Waals surface area contributed by atoms with Crippen LogP contribution in [0.2, 0.25) is 10.0 Å². The van der Waals surface area contributed by atoms with Crippen molar-refractivity contribution in [2.75, 3.05) is 13.1 Å². The number of benzene rings is 1. The number of hydrogen-bond acceptors (Lipinski definition) is 2. The highest BCUT2D eigenvalue weighted by Crippen LogP contribution is 2.49. The van der Waals surface area contributed by atoms with Crippen LogP contribution in [0.25, 0.3) is 0 Å². The number of halogens is 2. The number of rotatable bonds is 3. The Kier molecular flexibility index (Phi) is 3.84. The van der Waals surface area contributed by atoms with Gasteiger partial charge in [0.2, 0.25) is 11.8 Å². The standard InChI is InChI=1S/C15H16Cl2N2O2/c16-12-2-1-8(5-13(12)17)10-6-11(10)15(21)19-4-3-9(7-19)14(18)20/h1-2,5,9-11H,3-4,6-7H2,(H2,18,20)/t9-,10+,11-/m1/s1. The number of amides is 2. The summed E-state index contributed by atoms with van der Waals surface area (Å²) in [5, 5.41) is 1.04.